The third-order valence-corrected chi connectivity index (χ3v) is 4.52. The molecule has 0 N–H and O–H groups in total. The Kier molecular flexibility index (Phi) is 4.94. The zero-order valence-electron chi connectivity index (χ0n) is 10.6. The Morgan fingerprint density at radius 3 is 2.35 bits per heavy atom. The van der Waals surface area contributed by atoms with Crippen LogP contribution in [-0.2, 0) is 0 Å². The molecule has 104 valence electrons. The second-order valence-electron chi connectivity index (χ2n) is 4.12. The second-order valence-corrected chi connectivity index (χ2v) is 5.92. The smallest absolute Gasteiger partial charge is 0.183 e. The summed E-state index contributed by atoms with van der Waals surface area (Å²) in [5.41, 5.74) is 0.610. The number of thioether (sulfide) groups is 1. The molecule has 0 aliphatic rings. The van der Waals surface area contributed by atoms with Gasteiger partial charge in [0.25, 0.3) is 0 Å². The molecule has 0 amide bonds. The highest BCUT2D eigenvalue weighted by atomic mass is 79.9. The van der Waals surface area contributed by atoms with Crippen LogP contribution in [0.1, 0.15) is 20.7 Å². The summed E-state index contributed by atoms with van der Waals surface area (Å²) >= 11 is 4.87. The zero-order valence-corrected chi connectivity index (χ0v) is 13.0. The second kappa shape index (κ2) is 6.50. The summed E-state index contributed by atoms with van der Waals surface area (Å²) in [6.45, 7) is 0. The molecule has 0 saturated heterocycles. The average molecular weight is 357 g/mol. The fourth-order valence-electron chi connectivity index (χ4n) is 1.75. The topological polar surface area (TPSA) is 17.1 Å². The van der Waals surface area contributed by atoms with Crippen molar-refractivity contribution in [2.75, 3.05) is 6.26 Å². The Balaban J connectivity index is 2.27. The van der Waals surface area contributed by atoms with Gasteiger partial charge in [-0.3, -0.25) is 4.79 Å². The number of rotatable bonds is 4. The molecule has 2 rings (SSSR count). The first-order valence-corrected chi connectivity index (χ1v) is 7.94. The summed E-state index contributed by atoms with van der Waals surface area (Å²) in [6.07, 6.45) is 1.96. The SMILES string of the molecule is CSc1ccc(C(Br)C(=O)c2ccc(F)cc2F)cc1. The molecular weight excluding hydrogens is 346 g/mol. The third kappa shape index (κ3) is 3.27. The van der Waals surface area contributed by atoms with E-state index in [0.717, 1.165) is 22.6 Å². The van der Waals surface area contributed by atoms with E-state index >= 15 is 0 Å². The number of halogens is 3. The summed E-state index contributed by atoms with van der Waals surface area (Å²) in [4.78, 5) is 12.6. The molecule has 0 aliphatic heterocycles. The lowest BCUT2D eigenvalue weighted by atomic mass is 10.0. The van der Waals surface area contributed by atoms with Crippen molar-refractivity contribution in [2.45, 2.75) is 9.72 Å². The van der Waals surface area contributed by atoms with Gasteiger partial charge in [-0.05, 0) is 36.1 Å². The van der Waals surface area contributed by atoms with E-state index < -0.39 is 22.2 Å². The van der Waals surface area contributed by atoms with Crippen molar-refractivity contribution in [3.63, 3.8) is 0 Å². The van der Waals surface area contributed by atoms with E-state index in [1.165, 1.54) is 0 Å². The molecule has 1 nitrogen and oxygen atoms in total. The van der Waals surface area contributed by atoms with E-state index in [9.17, 15) is 13.6 Å². The van der Waals surface area contributed by atoms with Crippen molar-refractivity contribution < 1.29 is 13.6 Å². The van der Waals surface area contributed by atoms with E-state index in [1.807, 2.05) is 30.5 Å². The maximum absolute atomic E-state index is 13.6. The minimum absolute atomic E-state index is 0.123. The van der Waals surface area contributed by atoms with Crippen LogP contribution in [0, 0.1) is 11.6 Å². The maximum Gasteiger partial charge on any atom is 0.183 e. The predicted molar refractivity (Wildman–Crippen MR) is 80.6 cm³/mol. The van der Waals surface area contributed by atoms with Crippen LogP contribution in [0.4, 0.5) is 8.78 Å². The highest BCUT2D eigenvalue weighted by Crippen LogP contribution is 2.29. The number of ketones is 1. The lowest BCUT2D eigenvalue weighted by molar-refractivity contribution is 0.0987. The number of alkyl halides is 1. The molecular formula is C15H11BrF2OS. The average Bonchev–Trinajstić information content (AvgIpc) is 2.46. The normalized spacial score (nSPS) is 12.2. The van der Waals surface area contributed by atoms with Gasteiger partial charge in [0, 0.05) is 11.0 Å². The molecule has 0 saturated carbocycles. The molecule has 0 aliphatic carbocycles. The summed E-state index contributed by atoms with van der Waals surface area (Å²) in [5.74, 6) is -1.98. The maximum atomic E-state index is 13.6. The Morgan fingerprint density at radius 2 is 1.80 bits per heavy atom. The number of benzene rings is 2. The largest absolute Gasteiger partial charge is 0.292 e. The Bertz CT molecular complexity index is 628. The van der Waals surface area contributed by atoms with Gasteiger partial charge in [-0.1, -0.05) is 28.1 Å². The Labute approximate surface area is 128 Å². The molecule has 0 spiro atoms. The number of carbonyl (C=O) groups is 1. The van der Waals surface area contributed by atoms with Gasteiger partial charge < -0.3 is 0 Å². The van der Waals surface area contributed by atoms with Crippen molar-refractivity contribution in [1.29, 1.82) is 0 Å². The Hall–Kier alpha value is -1.20. The number of hydrogen-bond acceptors (Lipinski definition) is 2. The van der Waals surface area contributed by atoms with Gasteiger partial charge in [0.05, 0.1) is 5.56 Å². The first-order valence-electron chi connectivity index (χ1n) is 5.80. The van der Waals surface area contributed by atoms with Gasteiger partial charge >= 0.3 is 0 Å². The summed E-state index contributed by atoms with van der Waals surface area (Å²) in [7, 11) is 0. The third-order valence-electron chi connectivity index (χ3n) is 2.84. The first-order chi connectivity index (χ1) is 9.52. The minimum Gasteiger partial charge on any atom is -0.292 e. The van der Waals surface area contributed by atoms with E-state index in [-0.39, 0.29) is 5.56 Å². The molecule has 0 radical (unpaired) electrons. The first kappa shape index (κ1) is 15.2. The standard InChI is InChI=1S/C15H11BrF2OS/c1-20-11-5-2-9(3-6-11)14(16)15(19)12-7-4-10(17)8-13(12)18/h2-8,14H,1H3. The number of Topliss-reactive ketones (excluding diaryl/α,β-unsaturated/α-hetero) is 1. The fourth-order valence-corrected chi connectivity index (χ4v) is 2.71. The number of hydrogen-bond donors (Lipinski definition) is 0. The molecule has 1 unspecified atom stereocenters. The lowest BCUT2D eigenvalue weighted by Crippen LogP contribution is -2.09. The summed E-state index contributed by atoms with van der Waals surface area (Å²) in [5, 5.41) is 0. The predicted octanol–water partition coefficient (Wildman–Crippen LogP) is 5.01. The molecule has 0 fully saturated rings. The Morgan fingerprint density at radius 1 is 1.15 bits per heavy atom. The van der Waals surface area contributed by atoms with Crippen LogP contribution in [0.15, 0.2) is 47.4 Å². The molecule has 1 atom stereocenters. The van der Waals surface area contributed by atoms with Gasteiger partial charge in [0.15, 0.2) is 5.78 Å². The number of carbonyl (C=O) groups excluding carboxylic acids is 1. The van der Waals surface area contributed by atoms with Crippen molar-refractivity contribution in [2.24, 2.45) is 0 Å². The van der Waals surface area contributed by atoms with E-state index in [1.54, 1.807) is 11.8 Å². The van der Waals surface area contributed by atoms with Gasteiger partial charge in [0.2, 0.25) is 0 Å². The van der Waals surface area contributed by atoms with Crippen LogP contribution in [0.3, 0.4) is 0 Å². The van der Waals surface area contributed by atoms with Crippen molar-refractivity contribution in [1.82, 2.24) is 0 Å². The molecule has 2 aromatic carbocycles. The summed E-state index contributed by atoms with van der Waals surface area (Å²) < 4.78 is 26.5. The van der Waals surface area contributed by atoms with Gasteiger partial charge in [-0.2, -0.15) is 0 Å². The summed E-state index contributed by atoms with van der Waals surface area (Å²) in [6, 6.07) is 10.4. The minimum atomic E-state index is -0.847. The molecule has 20 heavy (non-hydrogen) atoms. The van der Waals surface area contributed by atoms with E-state index in [0.29, 0.717) is 6.07 Å². The van der Waals surface area contributed by atoms with Gasteiger partial charge in [-0.15, -0.1) is 11.8 Å². The van der Waals surface area contributed by atoms with Crippen molar-refractivity contribution in [3.05, 3.63) is 65.2 Å². The van der Waals surface area contributed by atoms with Gasteiger partial charge in [0.1, 0.15) is 16.5 Å². The molecule has 2 aromatic rings. The highest BCUT2D eigenvalue weighted by Gasteiger charge is 2.22. The molecule has 5 heteroatoms. The lowest BCUT2D eigenvalue weighted by Gasteiger charge is -2.10. The monoisotopic (exact) mass is 356 g/mol. The van der Waals surface area contributed by atoms with Crippen LogP contribution < -0.4 is 0 Å². The highest BCUT2D eigenvalue weighted by molar-refractivity contribution is 9.09. The van der Waals surface area contributed by atoms with Crippen molar-refractivity contribution >= 4 is 33.5 Å². The fraction of sp³-hybridized carbons (Fsp3) is 0.133. The van der Waals surface area contributed by atoms with Crippen LogP contribution in [0.5, 0.6) is 0 Å². The molecule has 0 aromatic heterocycles. The van der Waals surface area contributed by atoms with E-state index in [2.05, 4.69) is 15.9 Å². The van der Waals surface area contributed by atoms with Gasteiger partial charge in [-0.25, -0.2) is 8.78 Å². The quantitative estimate of drug-likeness (QED) is 0.435. The molecule has 0 bridgehead atoms. The van der Waals surface area contributed by atoms with Crippen LogP contribution in [0.2, 0.25) is 0 Å². The van der Waals surface area contributed by atoms with Crippen LogP contribution in [-0.4, -0.2) is 12.0 Å². The van der Waals surface area contributed by atoms with Crippen LogP contribution in [0.25, 0.3) is 0 Å². The van der Waals surface area contributed by atoms with Crippen LogP contribution >= 0.6 is 27.7 Å². The van der Waals surface area contributed by atoms with E-state index in [4.69, 9.17) is 0 Å². The van der Waals surface area contributed by atoms with Crippen molar-refractivity contribution in [3.8, 4) is 0 Å². The molecule has 0 heterocycles. The zero-order chi connectivity index (χ0) is 14.7.